The van der Waals surface area contributed by atoms with Gasteiger partial charge in [-0.2, -0.15) is 18.4 Å². The molecule has 1 aromatic carbocycles. The molecule has 0 atom stereocenters. The monoisotopic (exact) mass is 499 g/mol. The van der Waals surface area contributed by atoms with Crippen molar-refractivity contribution in [2.45, 2.75) is 25.6 Å². The van der Waals surface area contributed by atoms with E-state index in [1.165, 1.54) is 23.9 Å². The lowest BCUT2D eigenvalue weighted by molar-refractivity contribution is -0.137. The number of carbonyl (C=O) groups is 2. The van der Waals surface area contributed by atoms with E-state index in [9.17, 15) is 22.8 Å². The lowest BCUT2D eigenvalue weighted by Gasteiger charge is -2.36. The molecule has 0 bridgehead atoms. The highest BCUT2D eigenvalue weighted by molar-refractivity contribution is 8.12. The second-order valence-electron chi connectivity index (χ2n) is 8.27. The topological polar surface area (TPSA) is 70.9 Å². The average Bonchev–Trinajstić information content (AvgIpc) is 2.94. The molecule has 0 aromatic heterocycles. The number of carbonyl (C=O) groups excluding carboxylic acids is 2. The highest BCUT2D eigenvalue weighted by Gasteiger charge is 2.49. The minimum Gasteiger partial charge on any atom is -0.333 e. The first-order valence-corrected chi connectivity index (χ1v) is 11.9. The largest absolute Gasteiger partial charge is 0.417 e. The molecule has 0 spiro atoms. The van der Waals surface area contributed by atoms with Gasteiger partial charge < -0.3 is 9.80 Å². The molecule has 12 heteroatoms. The molecule has 2 fully saturated rings. The summed E-state index contributed by atoms with van der Waals surface area (Å²) in [6.07, 6.45) is -2.99. The number of amides is 2. The number of benzene rings is 1. The SMILES string of the molecule is CSC(=O)N1CCN(CCN2C(=S)N(c3ccc(C#N)c(C(F)(F)F)c3)C(=O)C2(C)C)CC1. The number of piperazine rings is 1. The Labute approximate surface area is 200 Å². The maximum atomic E-state index is 13.4. The molecule has 33 heavy (non-hydrogen) atoms. The quantitative estimate of drug-likeness (QED) is 0.588. The van der Waals surface area contributed by atoms with Crippen LogP contribution in [-0.2, 0) is 11.0 Å². The van der Waals surface area contributed by atoms with Gasteiger partial charge in [0.25, 0.3) is 11.1 Å². The number of thioether (sulfide) groups is 1. The molecule has 2 aliphatic rings. The highest BCUT2D eigenvalue weighted by Crippen LogP contribution is 2.37. The fraction of sp³-hybridized carbons (Fsp3) is 0.524. The van der Waals surface area contributed by atoms with Gasteiger partial charge in [-0.15, -0.1) is 0 Å². The molecular formula is C21H24F3N5O2S2. The number of halogens is 3. The van der Waals surface area contributed by atoms with Crippen LogP contribution in [0.5, 0.6) is 0 Å². The van der Waals surface area contributed by atoms with Crippen molar-refractivity contribution in [3.8, 4) is 6.07 Å². The van der Waals surface area contributed by atoms with Gasteiger partial charge in [0.05, 0.1) is 22.9 Å². The number of hydrogen-bond acceptors (Lipinski definition) is 6. The molecule has 0 unspecified atom stereocenters. The summed E-state index contributed by atoms with van der Waals surface area (Å²) in [5.74, 6) is -0.430. The molecule has 178 valence electrons. The Bertz CT molecular complexity index is 1000. The zero-order chi connectivity index (χ0) is 24.6. The number of hydrogen-bond donors (Lipinski definition) is 0. The molecular weight excluding hydrogens is 475 g/mol. The summed E-state index contributed by atoms with van der Waals surface area (Å²) in [6, 6.07) is 4.70. The van der Waals surface area contributed by atoms with Crippen LogP contribution in [0.15, 0.2) is 18.2 Å². The second-order valence-corrected chi connectivity index (χ2v) is 9.39. The van der Waals surface area contributed by atoms with Crippen LogP contribution in [0, 0.1) is 11.3 Å². The van der Waals surface area contributed by atoms with Crippen molar-refractivity contribution in [2.24, 2.45) is 0 Å². The minimum atomic E-state index is -4.74. The summed E-state index contributed by atoms with van der Waals surface area (Å²) >= 11 is 6.70. The van der Waals surface area contributed by atoms with Crippen LogP contribution in [-0.4, -0.2) is 82.0 Å². The molecule has 3 rings (SSSR count). The van der Waals surface area contributed by atoms with Gasteiger partial charge in [0.2, 0.25) is 0 Å². The van der Waals surface area contributed by atoms with Crippen molar-refractivity contribution in [1.29, 1.82) is 5.26 Å². The zero-order valence-electron chi connectivity index (χ0n) is 18.5. The van der Waals surface area contributed by atoms with Crippen LogP contribution in [0.2, 0.25) is 0 Å². The number of thiocarbonyl (C=S) groups is 1. The Kier molecular flexibility index (Phi) is 7.26. The summed E-state index contributed by atoms with van der Waals surface area (Å²) in [5.41, 5.74) is -2.68. The lowest BCUT2D eigenvalue weighted by Crippen LogP contribution is -2.51. The Hall–Kier alpha value is -2.36. The number of nitriles is 1. The van der Waals surface area contributed by atoms with Gasteiger partial charge in [-0.25, -0.2) is 0 Å². The van der Waals surface area contributed by atoms with E-state index in [4.69, 9.17) is 17.5 Å². The molecule has 2 amide bonds. The fourth-order valence-corrected chi connectivity index (χ4v) is 4.92. The third kappa shape index (κ3) is 4.95. The van der Waals surface area contributed by atoms with Gasteiger partial charge in [-0.05, 0) is 50.5 Å². The lowest BCUT2D eigenvalue weighted by atomic mass is 10.0. The van der Waals surface area contributed by atoms with E-state index in [0.717, 1.165) is 17.0 Å². The molecule has 2 heterocycles. The van der Waals surface area contributed by atoms with E-state index >= 15 is 0 Å². The number of nitrogens with zero attached hydrogens (tertiary/aromatic N) is 5. The summed E-state index contributed by atoms with van der Waals surface area (Å²) in [7, 11) is 0. The molecule has 2 saturated heterocycles. The van der Waals surface area contributed by atoms with Crippen molar-refractivity contribution in [3.05, 3.63) is 29.3 Å². The van der Waals surface area contributed by atoms with Crippen molar-refractivity contribution >= 4 is 45.9 Å². The van der Waals surface area contributed by atoms with Gasteiger partial charge in [0, 0.05) is 39.3 Å². The Morgan fingerprint density at radius 1 is 1.21 bits per heavy atom. The molecule has 0 N–H and O–H groups in total. The first kappa shape index (κ1) is 25.3. The maximum Gasteiger partial charge on any atom is 0.417 e. The summed E-state index contributed by atoms with van der Waals surface area (Å²) < 4.78 is 40.3. The molecule has 1 aromatic rings. The predicted octanol–water partition coefficient (Wildman–Crippen LogP) is 3.39. The Balaban J connectivity index is 1.76. The van der Waals surface area contributed by atoms with Crippen LogP contribution >= 0.6 is 24.0 Å². The number of rotatable bonds is 4. The van der Waals surface area contributed by atoms with Gasteiger partial charge >= 0.3 is 6.18 Å². The van der Waals surface area contributed by atoms with Gasteiger partial charge in [0.1, 0.15) is 5.54 Å². The van der Waals surface area contributed by atoms with Crippen LogP contribution in [0.4, 0.5) is 23.7 Å². The van der Waals surface area contributed by atoms with Crippen LogP contribution in [0.3, 0.4) is 0 Å². The second kappa shape index (κ2) is 9.48. The average molecular weight is 500 g/mol. The first-order valence-electron chi connectivity index (χ1n) is 10.2. The third-order valence-electron chi connectivity index (χ3n) is 5.96. The predicted molar refractivity (Wildman–Crippen MR) is 124 cm³/mol. The van der Waals surface area contributed by atoms with E-state index in [-0.39, 0.29) is 16.0 Å². The highest BCUT2D eigenvalue weighted by atomic mass is 32.2. The molecule has 7 nitrogen and oxygen atoms in total. The van der Waals surface area contributed by atoms with E-state index in [2.05, 4.69) is 4.90 Å². The van der Waals surface area contributed by atoms with Crippen molar-refractivity contribution in [1.82, 2.24) is 14.7 Å². The standard InChI is InChI=1S/C21H24F3N5O2S2/c1-20(2)17(30)29(15-5-4-14(13-25)16(12-15)21(22,23)24)18(32)28(20)11-8-26-6-9-27(10-7-26)19(31)33-3/h4-5,12H,6-11H2,1-3H3. The smallest absolute Gasteiger partial charge is 0.333 e. The summed E-state index contributed by atoms with van der Waals surface area (Å²) in [4.78, 5) is 31.8. The van der Waals surface area contributed by atoms with Gasteiger partial charge in [-0.3, -0.25) is 19.4 Å². The number of anilines is 1. The molecule has 0 aliphatic carbocycles. The van der Waals surface area contributed by atoms with Crippen LogP contribution < -0.4 is 4.90 Å². The van der Waals surface area contributed by atoms with E-state index in [0.29, 0.717) is 39.3 Å². The van der Waals surface area contributed by atoms with Crippen LogP contribution in [0.1, 0.15) is 25.0 Å². The van der Waals surface area contributed by atoms with Crippen LogP contribution in [0.25, 0.3) is 0 Å². The molecule has 0 saturated carbocycles. The van der Waals surface area contributed by atoms with Crippen molar-refractivity contribution in [2.75, 3.05) is 50.4 Å². The van der Waals surface area contributed by atoms with Gasteiger partial charge in [-0.1, -0.05) is 11.8 Å². The summed E-state index contributed by atoms with van der Waals surface area (Å²) in [6.45, 7) is 6.98. The normalized spacial score (nSPS) is 19.2. The van der Waals surface area contributed by atoms with E-state index in [1.807, 2.05) is 0 Å². The van der Waals surface area contributed by atoms with E-state index < -0.39 is 28.7 Å². The minimum absolute atomic E-state index is 0.0175. The number of alkyl halides is 3. The molecule has 2 aliphatic heterocycles. The van der Waals surface area contributed by atoms with E-state index in [1.54, 1.807) is 29.9 Å². The third-order valence-corrected chi connectivity index (χ3v) is 6.97. The zero-order valence-corrected chi connectivity index (χ0v) is 20.1. The van der Waals surface area contributed by atoms with Crippen molar-refractivity contribution < 1.29 is 22.8 Å². The van der Waals surface area contributed by atoms with Gasteiger partial charge in [0.15, 0.2) is 5.11 Å². The Morgan fingerprint density at radius 2 is 1.85 bits per heavy atom. The van der Waals surface area contributed by atoms with Crippen molar-refractivity contribution in [3.63, 3.8) is 0 Å². The fourth-order valence-electron chi connectivity index (χ4n) is 3.97. The first-order chi connectivity index (χ1) is 15.4. The summed E-state index contributed by atoms with van der Waals surface area (Å²) in [5, 5.41) is 9.19. The Morgan fingerprint density at radius 3 is 2.39 bits per heavy atom. The molecule has 0 radical (unpaired) electrons. The maximum absolute atomic E-state index is 13.4.